The van der Waals surface area contributed by atoms with E-state index in [1.54, 1.807) is 84.9 Å². The third-order valence-corrected chi connectivity index (χ3v) is 6.91. The fraction of sp³-hybridized carbons (Fsp3) is 0.0606. The minimum atomic E-state index is -0.633. The molecule has 4 aromatic carbocycles. The van der Waals surface area contributed by atoms with Gasteiger partial charge >= 0.3 is 5.97 Å². The van der Waals surface area contributed by atoms with Gasteiger partial charge in [0, 0.05) is 16.5 Å². The number of aryl methyl sites for hydroxylation is 1. The van der Waals surface area contributed by atoms with E-state index in [-0.39, 0.29) is 29.8 Å². The van der Waals surface area contributed by atoms with E-state index in [9.17, 15) is 19.2 Å². The third-order valence-electron chi connectivity index (χ3n) is 6.91. The Labute approximate surface area is 229 Å². The maximum Gasteiger partial charge on any atom is 0.339 e. The number of hydrogen-bond donors (Lipinski definition) is 0. The van der Waals surface area contributed by atoms with Crippen LogP contribution in [0.25, 0.3) is 22.2 Å². The number of fused-ring (bicyclic) bond motifs is 2. The van der Waals surface area contributed by atoms with Gasteiger partial charge in [-0.3, -0.25) is 14.4 Å². The first kappa shape index (κ1) is 24.9. The van der Waals surface area contributed by atoms with Crippen LogP contribution in [0.1, 0.15) is 47.0 Å². The molecule has 5 aromatic rings. The summed E-state index contributed by atoms with van der Waals surface area (Å²) < 4.78 is 5.43. The Morgan fingerprint density at radius 2 is 1.43 bits per heavy atom. The number of Topliss-reactive ketones (excluding diaryl/α,β-unsaturated/α-hetero) is 1. The van der Waals surface area contributed by atoms with Gasteiger partial charge in [-0.2, -0.15) is 0 Å². The van der Waals surface area contributed by atoms with Gasteiger partial charge in [0.05, 0.1) is 33.6 Å². The third kappa shape index (κ3) is 4.33. The van der Waals surface area contributed by atoms with Gasteiger partial charge in [0.1, 0.15) is 0 Å². The molecule has 40 heavy (non-hydrogen) atoms. The zero-order valence-electron chi connectivity index (χ0n) is 21.5. The summed E-state index contributed by atoms with van der Waals surface area (Å²) in [5.74, 6) is -1.68. The number of carbonyl (C=O) groups is 4. The maximum absolute atomic E-state index is 13.2. The van der Waals surface area contributed by atoms with Gasteiger partial charge in [-0.1, -0.05) is 72.8 Å². The van der Waals surface area contributed by atoms with E-state index in [1.165, 1.54) is 0 Å². The van der Waals surface area contributed by atoms with Gasteiger partial charge in [-0.05, 0) is 42.8 Å². The molecule has 1 aliphatic rings. The first-order chi connectivity index (χ1) is 19.4. The minimum Gasteiger partial charge on any atom is -0.454 e. The molecule has 6 rings (SSSR count). The van der Waals surface area contributed by atoms with Crippen molar-refractivity contribution in [1.29, 1.82) is 0 Å². The number of aromatic nitrogens is 1. The number of nitrogens with zero attached hydrogens (tertiary/aromatic N) is 2. The zero-order valence-corrected chi connectivity index (χ0v) is 21.5. The topological polar surface area (TPSA) is 93.6 Å². The number of carbonyl (C=O) groups excluding carboxylic acids is 4. The highest BCUT2D eigenvalue weighted by Crippen LogP contribution is 2.32. The van der Waals surface area contributed by atoms with Crippen LogP contribution in [0, 0.1) is 6.92 Å². The number of ether oxygens (including phenoxy) is 1. The largest absolute Gasteiger partial charge is 0.454 e. The quantitative estimate of drug-likeness (QED) is 0.152. The summed E-state index contributed by atoms with van der Waals surface area (Å²) in [6.07, 6.45) is 0. The van der Waals surface area contributed by atoms with Crippen LogP contribution in [0.3, 0.4) is 0 Å². The van der Waals surface area contributed by atoms with E-state index in [0.29, 0.717) is 44.5 Å². The number of pyridine rings is 1. The maximum atomic E-state index is 13.2. The second-order valence-corrected chi connectivity index (χ2v) is 9.43. The molecule has 0 spiro atoms. The Morgan fingerprint density at radius 3 is 2.10 bits per heavy atom. The van der Waals surface area contributed by atoms with Crippen molar-refractivity contribution in [1.82, 2.24) is 4.98 Å². The molecule has 194 valence electrons. The summed E-state index contributed by atoms with van der Waals surface area (Å²) in [7, 11) is 0. The molecule has 0 fully saturated rings. The number of ketones is 1. The minimum absolute atomic E-state index is 0.286. The van der Waals surface area contributed by atoms with Crippen molar-refractivity contribution in [3.05, 3.63) is 131 Å². The van der Waals surface area contributed by atoms with Crippen LogP contribution in [-0.2, 0) is 4.74 Å². The zero-order chi connectivity index (χ0) is 27.8. The Bertz CT molecular complexity index is 1790. The standard InChI is InChI=1S/C33H22N2O5/c1-20-8-7-13-24-27(33(39)40-19-29(36)22-9-3-2-4-10-22)18-28(34-30(20)24)21-14-16-23(17-15-21)35-31(37)25-11-5-6-12-26(25)32(35)38/h2-18H,19H2,1H3. The van der Waals surface area contributed by atoms with Crippen LogP contribution in [0.5, 0.6) is 0 Å². The second kappa shape index (κ2) is 10.0. The van der Waals surface area contributed by atoms with Crippen molar-refractivity contribution >= 4 is 40.2 Å². The molecule has 2 amide bonds. The first-order valence-corrected chi connectivity index (χ1v) is 12.7. The van der Waals surface area contributed by atoms with Gasteiger partial charge in [0.15, 0.2) is 12.4 Å². The number of rotatable bonds is 6. The highest BCUT2D eigenvalue weighted by atomic mass is 16.5. The molecular formula is C33H22N2O5. The molecule has 0 saturated carbocycles. The van der Waals surface area contributed by atoms with Crippen molar-refractivity contribution in [2.45, 2.75) is 6.92 Å². The summed E-state index contributed by atoms with van der Waals surface area (Å²) >= 11 is 0. The van der Waals surface area contributed by atoms with E-state index in [1.807, 2.05) is 25.1 Å². The molecular weight excluding hydrogens is 504 g/mol. The van der Waals surface area contributed by atoms with Crippen molar-refractivity contribution in [3.63, 3.8) is 0 Å². The van der Waals surface area contributed by atoms with Crippen molar-refractivity contribution in [2.24, 2.45) is 0 Å². The molecule has 0 atom stereocenters. The van der Waals surface area contributed by atoms with Crippen molar-refractivity contribution < 1.29 is 23.9 Å². The molecule has 0 unspecified atom stereocenters. The van der Waals surface area contributed by atoms with Gasteiger partial charge in [-0.25, -0.2) is 14.7 Å². The molecule has 0 N–H and O–H groups in total. The normalized spacial score (nSPS) is 12.5. The summed E-state index contributed by atoms with van der Waals surface area (Å²) in [6, 6.07) is 29.4. The Hall–Kier alpha value is -5.43. The number of para-hydroxylation sites is 1. The van der Waals surface area contributed by atoms with Crippen LogP contribution < -0.4 is 4.90 Å². The predicted molar refractivity (Wildman–Crippen MR) is 151 cm³/mol. The lowest BCUT2D eigenvalue weighted by molar-refractivity contribution is 0.0476. The molecule has 0 bridgehead atoms. The van der Waals surface area contributed by atoms with Crippen LogP contribution in [0.15, 0.2) is 103 Å². The average molecular weight is 527 g/mol. The fourth-order valence-electron chi connectivity index (χ4n) is 4.83. The number of benzene rings is 4. The Kier molecular flexibility index (Phi) is 6.24. The first-order valence-electron chi connectivity index (χ1n) is 12.7. The van der Waals surface area contributed by atoms with Crippen molar-refractivity contribution in [2.75, 3.05) is 11.5 Å². The number of hydrogen-bond acceptors (Lipinski definition) is 6. The highest BCUT2D eigenvalue weighted by Gasteiger charge is 2.36. The molecule has 1 aliphatic heterocycles. The lowest BCUT2D eigenvalue weighted by Crippen LogP contribution is -2.29. The smallest absolute Gasteiger partial charge is 0.339 e. The number of anilines is 1. The summed E-state index contributed by atoms with van der Waals surface area (Å²) in [4.78, 5) is 57.4. The predicted octanol–water partition coefficient (Wildman–Crippen LogP) is 6.05. The summed E-state index contributed by atoms with van der Waals surface area (Å²) in [6.45, 7) is 1.52. The molecule has 0 saturated heterocycles. The molecule has 0 aliphatic carbocycles. The van der Waals surface area contributed by atoms with Crippen LogP contribution in [0.2, 0.25) is 0 Å². The summed E-state index contributed by atoms with van der Waals surface area (Å²) in [5.41, 5.74) is 4.62. The lowest BCUT2D eigenvalue weighted by atomic mass is 10.0. The van der Waals surface area contributed by atoms with E-state index in [4.69, 9.17) is 9.72 Å². The number of imide groups is 1. The van der Waals surface area contributed by atoms with E-state index >= 15 is 0 Å². The average Bonchev–Trinajstić information content (AvgIpc) is 3.25. The van der Waals surface area contributed by atoms with Gasteiger partial charge in [-0.15, -0.1) is 0 Å². The van der Waals surface area contributed by atoms with E-state index in [0.717, 1.165) is 10.5 Å². The molecule has 0 radical (unpaired) electrons. The molecule has 7 nitrogen and oxygen atoms in total. The Balaban J connectivity index is 1.31. The van der Waals surface area contributed by atoms with Crippen LogP contribution >= 0.6 is 0 Å². The summed E-state index contributed by atoms with van der Waals surface area (Å²) in [5, 5.41) is 0.614. The number of amides is 2. The molecule has 2 heterocycles. The van der Waals surface area contributed by atoms with Gasteiger partial charge < -0.3 is 4.74 Å². The molecule has 1 aromatic heterocycles. The van der Waals surface area contributed by atoms with Crippen LogP contribution in [0.4, 0.5) is 5.69 Å². The highest BCUT2D eigenvalue weighted by molar-refractivity contribution is 6.34. The second-order valence-electron chi connectivity index (χ2n) is 9.43. The van der Waals surface area contributed by atoms with Gasteiger partial charge in [0.2, 0.25) is 0 Å². The van der Waals surface area contributed by atoms with Gasteiger partial charge in [0.25, 0.3) is 11.8 Å². The Morgan fingerprint density at radius 1 is 0.775 bits per heavy atom. The monoisotopic (exact) mass is 526 g/mol. The van der Waals surface area contributed by atoms with E-state index < -0.39 is 5.97 Å². The fourth-order valence-corrected chi connectivity index (χ4v) is 4.83. The lowest BCUT2D eigenvalue weighted by Gasteiger charge is -2.15. The van der Waals surface area contributed by atoms with Crippen molar-refractivity contribution in [3.8, 4) is 11.3 Å². The van der Waals surface area contributed by atoms with Crippen LogP contribution in [-0.4, -0.2) is 35.2 Å². The van der Waals surface area contributed by atoms with E-state index in [2.05, 4.69) is 0 Å². The number of esters is 1. The molecule has 7 heteroatoms. The SMILES string of the molecule is Cc1cccc2c(C(=O)OCC(=O)c3ccccc3)cc(-c3ccc(N4C(=O)c5ccccc5C4=O)cc3)nc12.